The second kappa shape index (κ2) is 7.49. The molecule has 2 aromatic carbocycles. The molecule has 0 saturated carbocycles. The van der Waals surface area contributed by atoms with Crippen LogP contribution < -0.4 is 5.32 Å². The number of halogens is 1. The van der Waals surface area contributed by atoms with Crippen molar-refractivity contribution in [3.8, 4) is 17.4 Å². The van der Waals surface area contributed by atoms with Crippen molar-refractivity contribution >= 4 is 17.7 Å². The molecule has 0 atom stereocenters. The standard InChI is InChI=1S/C21H15FN2O2/c1-14-4-2-3-5-19(14)24-21(25)16(13-23)12-18-10-11-20(26-18)15-6-8-17(22)9-7-15/h2-12H,1H3,(H,24,25)/b16-12+. The smallest absolute Gasteiger partial charge is 0.266 e. The summed E-state index contributed by atoms with van der Waals surface area (Å²) in [5.41, 5.74) is 2.17. The Kier molecular flexibility index (Phi) is 4.95. The van der Waals surface area contributed by atoms with Gasteiger partial charge in [0.05, 0.1) is 0 Å². The van der Waals surface area contributed by atoms with E-state index < -0.39 is 5.91 Å². The number of nitrogens with one attached hydrogen (secondary N) is 1. The third kappa shape index (κ3) is 3.87. The van der Waals surface area contributed by atoms with Crippen molar-refractivity contribution in [2.24, 2.45) is 0 Å². The lowest BCUT2D eigenvalue weighted by Gasteiger charge is -2.06. The largest absolute Gasteiger partial charge is 0.457 e. The zero-order valence-corrected chi connectivity index (χ0v) is 14.0. The summed E-state index contributed by atoms with van der Waals surface area (Å²) in [6, 6.07) is 18.4. The first-order valence-electron chi connectivity index (χ1n) is 7.91. The Hall–Kier alpha value is -3.65. The lowest BCUT2D eigenvalue weighted by atomic mass is 10.1. The molecule has 0 radical (unpaired) electrons. The molecule has 3 rings (SSSR count). The molecule has 1 aromatic heterocycles. The van der Waals surface area contributed by atoms with Gasteiger partial charge in [-0.05, 0) is 55.0 Å². The van der Waals surface area contributed by atoms with Gasteiger partial charge in [0, 0.05) is 17.3 Å². The van der Waals surface area contributed by atoms with Crippen LogP contribution in [0, 0.1) is 24.1 Å². The van der Waals surface area contributed by atoms with Crippen molar-refractivity contribution < 1.29 is 13.6 Å². The summed E-state index contributed by atoms with van der Waals surface area (Å²) in [6.07, 6.45) is 1.38. The Bertz CT molecular complexity index is 1010. The van der Waals surface area contributed by atoms with Crippen molar-refractivity contribution in [3.63, 3.8) is 0 Å². The number of nitrogens with zero attached hydrogens (tertiary/aromatic N) is 1. The van der Waals surface area contributed by atoms with E-state index in [1.807, 2.05) is 25.1 Å². The Morgan fingerprint density at radius 2 is 1.85 bits per heavy atom. The maximum absolute atomic E-state index is 13.0. The summed E-state index contributed by atoms with van der Waals surface area (Å²) in [7, 11) is 0. The molecule has 1 amide bonds. The molecule has 0 spiro atoms. The Morgan fingerprint density at radius 3 is 2.54 bits per heavy atom. The van der Waals surface area contributed by atoms with E-state index in [-0.39, 0.29) is 11.4 Å². The first-order chi connectivity index (χ1) is 12.6. The fraction of sp³-hybridized carbons (Fsp3) is 0.0476. The number of benzene rings is 2. The lowest BCUT2D eigenvalue weighted by Crippen LogP contribution is -2.14. The molecule has 4 nitrogen and oxygen atoms in total. The van der Waals surface area contributed by atoms with Gasteiger partial charge in [0.1, 0.15) is 29.0 Å². The Morgan fingerprint density at radius 1 is 1.12 bits per heavy atom. The molecule has 5 heteroatoms. The van der Waals surface area contributed by atoms with Gasteiger partial charge in [-0.25, -0.2) is 4.39 Å². The van der Waals surface area contributed by atoms with Gasteiger partial charge < -0.3 is 9.73 Å². The van der Waals surface area contributed by atoms with Gasteiger partial charge in [0.15, 0.2) is 0 Å². The topological polar surface area (TPSA) is 66.0 Å². The molecule has 1 N–H and O–H groups in total. The van der Waals surface area contributed by atoms with Crippen LogP contribution in [0.1, 0.15) is 11.3 Å². The summed E-state index contributed by atoms with van der Waals surface area (Å²) in [5, 5.41) is 12.0. The van der Waals surface area contributed by atoms with Crippen molar-refractivity contribution in [1.82, 2.24) is 0 Å². The quantitative estimate of drug-likeness (QED) is 0.537. The number of amides is 1. The number of nitriles is 1. The lowest BCUT2D eigenvalue weighted by molar-refractivity contribution is -0.112. The van der Waals surface area contributed by atoms with Crippen LogP contribution >= 0.6 is 0 Å². The number of para-hydroxylation sites is 1. The number of hydrogen-bond acceptors (Lipinski definition) is 3. The highest BCUT2D eigenvalue weighted by atomic mass is 19.1. The molecule has 0 fully saturated rings. The minimum atomic E-state index is -0.512. The highest BCUT2D eigenvalue weighted by molar-refractivity contribution is 6.09. The normalized spacial score (nSPS) is 11.0. The zero-order valence-electron chi connectivity index (χ0n) is 14.0. The van der Waals surface area contributed by atoms with Crippen molar-refractivity contribution in [1.29, 1.82) is 5.26 Å². The predicted octanol–water partition coefficient (Wildman–Crippen LogP) is 4.94. The number of carbonyl (C=O) groups is 1. The Labute approximate surface area is 150 Å². The van der Waals surface area contributed by atoms with E-state index in [9.17, 15) is 14.4 Å². The number of hydrogen-bond donors (Lipinski definition) is 1. The molecular weight excluding hydrogens is 331 g/mol. The monoisotopic (exact) mass is 346 g/mol. The van der Waals surface area contributed by atoms with E-state index in [2.05, 4.69) is 5.32 Å². The maximum atomic E-state index is 13.0. The number of anilines is 1. The van der Waals surface area contributed by atoms with Crippen LogP contribution in [0.2, 0.25) is 0 Å². The highest BCUT2D eigenvalue weighted by Gasteiger charge is 2.12. The third-order valence-corrected chi connectivity index (χ3v) is 3.80. The average Bonchev–Trinajstić information content (AvgIpc) is 3.10. The summed E-state index contributed by atoms with van der Waals surface area (Å²) in [5.74, 6) is 0.0373. The van der Waals surface area contributed by atoms with Crippen molar-refractivity contribution in [2.75, 3.05) is 5.32 Å². The van der Waals surface area contributed by atoms with E-state index in [0.717, 1.165) is 5.56 Å². The molecule has 0 unspecified atom stereocenters. The van der Waals surface area contributed by atoms with Crippen LogP contribution in [0.25, 0.3) is 17.4 Å². The van der Waals surface area contributed by atoms with E-state index >= 15 is 0 Å². The molecule has 0 bridgehead atoms. The van der Waals surface area contributed by atoms with E-state index in [1.165, 1.54) is 18.2 Å². The average molecular weight is 346 g/mol. The number of furan rings is 1. The van der Waals surface area contributed by atoms with Crippen LogP contribution in [0.15, 0.2) is 70.7 Å². The number of carbonyl (C=O) groups excluding carboxylic acids is 1. The summed E-state index contributed by atoms with van der Waals surface area (Å²) in [6.45, 7) is 1.87. The van der Waals surface area contributed by atoms with Gasteiger partial charge in [-0.3, -0.25) is 4.79 Å². The maximum Gasteiger partial charge on any atom is 0.266 e. The first-order valence-corrected chi connectivity index (χ1v) is 7.91. The number of rotatable bonds is 4. The van der Waals surface area contributed by atoms with Crippen molar-refractivity contribution in [2.45, 2.75) is 6.92 Å². The van der Waals surface area contributed by atoms with Crippen molar-refractivity contribution in [3.05, 3.63) is 83.4 Å². The number of aryl methyl sites for hydroxylation is 1. The molecule has 128 valence electrons. The molecule has 0 aliphatic carbocycles. The molecule has 26 heavy (non-hydrogen) atoms. The van der Waals surface area contributed by atoms with Crippen LogP contribution in [-0.4, -0.2) is 5.91 Å². The summed E-state index contributed by atoms with van der Waals surface area (Å²) >= 11 is 0. The first kappa shape index (κ1) is 17.2. The van der Waals surface area contributed by atoms with Gasteiger partial charge in [0.25, 0.3) is 5.91 Å². The van der Waals surface area contributed by atoms with E-state index in [0.29, 0.717) is 22.8 Å². The highest BCUT2D eigenvalue weighted by Crippen LogP contribution is 2.24. The molecule has 0 aliphatic heterocycles. The predicted molar refractivity (Wildman–Crippen MR) is 97.5 cm³/mol. The molecule has 1 heterocycles. The van der Waals surface area contributed by atoms with Gasteiger partial charge in [-0.15, -0.1) is 0 Å². The van der Waals surface area contributed by atoms with Gasteiger partial charge in [-0.2, -0.15) is 5.26 Å². The van der Waals surface area contributed by atoms with E-state index in [4.69, 9.17) is 4.42 Å². The van der Waals surface area contributed by atoms with Crippen LogP contribution in [0.5, 0.6) is 0 Å². The van der Waals surface area contributed by atoms with E-state index in [1.54, 1.807) is 36.4 Å². The van der Waals surface area contributed by atoms with Crippen LogP contribution in [-0.2, 0) is 4.79 Å². The van der Waals surface area contributed by atoms with Gasteiger partial charge in [0.2, 0.25) is 0 Å². The minimum Gasteiger partial charge on any atom is -0.457 e. The Balaban J connectivity index is 1.81. The van der Waals surface area contributed by atoms with Crippen LogP contribution in [0.3, 0.4) is 0 Å². The zero-order chi connectivity index (χ0) is 18.5. The molecule has 3 aromatic rings. The fourth-order valence-electron chi connectivity index (χ4n) is 2.39. The molecule has 0 saturated heterocycles. The summed E-state index contributed by atoms with van der Waals surface area (Å²) < 4.78 is 18.6. The summed E-state index contributed by atoms with van der Waals surface area (Å²) in [4.78, 5) is 12.3. The second-order valence-corrected chi connectivity index (χ2v) is 5.65. The second-order valence-electron chi connectivity index (χ2n) is 5.65. The third-order valence-electron chi connectivity index (χ3n) is 3.80. The fourth-order valence-corrected chi connectivity index (χ4v) is 2.39. The SMILES string of the molecule is Cc1ccccc1NC(=O)/C(C#N)=C/c1ccc(-c2ccc(F)cc2)o1. The van der Waals surface area contributed by atoms with Gasteiger partial charge >= 0.3 is 0 Å². The molecular formula is C21H15FN2O2. The van der Waals surface area contributed by atoms with Crippen LogP contribution in [0.4, 0.5) is 10.1 Å². The molecule has 0 aliphatic rings. The minimum absolute atomic E-state index is 0.0757. The van der Waals surface area contributed by atoms with Gasteiger partial charge in [-0.1, -0.05) is 18.2 Å².